The molecular formula is C11H13BrOS. The summed E-state index contributed by atoms with van der Waals surface area (Å²) in [5.41, 5.74) is 1.31. The molecule has 1 aromatic carbocycles. The molecule has 1 nitrogen and oxygen atoms in total. The lowest BCUT2D eigenvalue weighted by atomic mass is 9.97. The quantitative estimate of drug-likeness (QED) is 0.894. The SMILES string of the molecule is OC1CSCC1Cc1cccc(Br)c1. The lowest BCUT2D eigenvalue weighted by Gasteiger charge is -2.13. The van der Waals surface area contributed by atoms with Crippen molar-refractivity contribution < 1.29 is 5.11 Å². The van der Waals surface area contributed by atoms with Gasteiger partial charge in [0.2, 0.25) is 0 Å². The first kappa shape index (κ1) is 10.5. The van der Waals surface area contributed by atoms with E-state index in [4.69, 9.17) is 0 Å². The molecule has 1 heterocycles. The Labute approximate surface area is 97.0 Å². The zero-order chi connectivity index (χ0) is 9.97. The summed E-state index contributed by atoms with van der Waals surface area (Å²) in [6.45, 7) is 0. The van der Waals surface area contributed by atoms with Crippen LogP contribution in [0.15, 0.2) is 28.7 Å². The molecular weight excluding hydrogens is 260 g/mol. The molecule has 2 unspecified atom stereocenters. The van der Waals surface area contributed by atoms with Gasteiger partial charge in [0.1, 0.15) is 0 Å². The lowest BCUT2D eigenvalue weighted by molar-refractivity contribution is 0.150. The molecule has 1 saturated heterocycles. The van der Waals surface area contributed by atoms with Crippen LogP contribution in [0.25, 0.3) is 0 Å². The standard InChI is InChI=1S/C11H13BrOS/c12-10-3-1-2-8(5-10)4-9-6-14-7-11(9)13/h1-3,5,9,11,13H,4,6-7H2. The normalized spacial score (nSPS) is 26.7. The summed E-state index contributed by atoms with van der Waals surface area (Å²) >= 11 is 5.31. The zero-order valence-electron chi connectivity index (χ0n) is 7.82. The van der Waals surface area contributed by atoms with Gasteiger partial charge in [0.05, 0.1) is 6.10 Å². The predicted molar refractivity (Wildman–Crippen MR) is 64.7 cm³/mol. The highest BCUT2D eigenvalue weighted by Gasteiger charge is 2.25. The molecule has 0 bridgehead atoms. The number of rotatable bonds is 2. The van der Waals surface area contributed by atoms with Crippen LogP contribution in [0.2, 0.25) is 0 Å². The van der Waals surface area contributed by atoms with E-state index in [0.29, 0.717) is 5.92 Å². The van der Waals surface area contributed by atoms with E-state index in [1.807, 2.05) is 23.9 Å². The van der Waals surface area contributed by atoms with Gasteiger partial charge in [0.15, 0.2) is 0 Å². The molecule has 0 radical (unpaired) electrons. The molecule has 1 aliphatic rings. The van der Waals surface area contributed by atoms with Crippen molar-refractivity contribution in [3.8, 4) is 0 Å². The van der Waals surface area contributed by atoms with E-state index in [2.05, 4.69) is 28.1 Å². The van der Waals surface area contributed by atoms with Crippen molar-refractivity contribution in [1.29, 1.82) is 0 Å². The smallest absolute Gasteiger partial charge is 0.0669 e. The van der Waals surface area contributed by atoms with E-state index in [1.54, 1.807) is 0 Å². The van der Waals surface area contributed by atoms with Gasteiger partial charge in [-0.1, -0.05) is 28.1 Å². The second kappa shape index (κ2) is 4.69. The molecule has 1 aromatic rings. The van der Waals surface area contributed by atoms with Crippen LogP contribution in [0.3, 0.4) is 0 Å². The maximum atomic E-state index is 9.69. The Kier molecular flexibility index (Phi) is 3.52. The van der Waals surface area contributed by atoms with Crippen molar-refractivity contribution in [1.82, 2.24) is 0 Å². The molecule has 3 heteroatoms. The minimum absolute atomic E-state index is 0.112. The topological polar surface area (TPSA) is 20.2 Å². The molecule has 76 valence electrons. The second-order valence-electron chi connectivity index (χ2n) is 3.70. The minimum atomic E-state index is -0.112. The Bertz CT molecular complexity index is 316. The Balaban J connectivity index is 2.03. The molecule has 0 aliphatic carbocycles. The summed E-state index contributed by atoms with van der Waals surface area (Å²) < 4.78 is 1.12. The second-order valence-corrected chi connectivity index (χ2v) is 5.69. The average molecular weight is 273 g/mol. The first-order valence-corrected chi connectivity index (χ1v) is 6.71. The van der Waals surface area contributed by atoms with Gasteiger partial charge < -0.3 is 5.11 Å². The summed E-state index contributed by atoms with van der Waals surface area (Å²) in [7, 11) is 0. The van der Waals surface area contributed by atoms with Crippen LogP contribution in [0.1, 0.15) is 5.56 Å². The molecule has 0 amide bonds. The summed E-state index contributed by atoms with van der Waals surface area (Å²) in [6, 6.07) is 8.34. The number of aliphatic hydroxyl groups is 1. The number of aliphatic hydroxyl groups excluding tert-OH is 1. The highest BCUT2D eigenvalue weighted by Crippen LogP contribution is 2.27. The van der Waals surface area contributed by atoms with E-state index in [0.717, 1.165) is 22.4 Å². The molecule has 1 N–H and O–H groups in total. The third kappa shape index (κ3) is 2.53. The maximum Gasteiger partial charge on any atom is 0.0669 e. The van der Waals surface area contributed by atoms with Gasteiger partial charge in [0.25, 0.3) is 0 Å². The molecule has 2 atom stereocenters. The third-order valence-corrected chi connectivity index (χ3v) is 4.29. The summed E-state index contributed by atoms with van der Waals surface area (Å²) in [5.74, 6) is 2.43. The number of hydrogen-bond donors (Lipinski definition) is 1. The summed E-state index contributed by atoms with van der Waals surface area (Å²) in [5, 5.41) is 9.69. The Morgan fingerprint density at radius 3 is 2.93 bits per heavy atom. The van der Waals surface area contributed by atoms with Crippen LogP contribution >= 0.6 is 27.7 Å². The van der Waals surface area contributed by atoms with Crippen molar-refractivity contribution in [3.05, 3.63) is 34.3 Å². The lowest BCUT2D eigenvalue weighted by Crippen LogP contribution is -2.19. The number of benzene rings is 1. The van der Waals surface area contributed by atoms with Crippen molar-refractivity contribution >= 4 is 27.7 Å². The molecule has 2 rings (SSSR count). The Morgan fingerprint density at radius 2 is 2.29 bits per heavy atom. The third-order valence-electron chi connectivity index (χ3n) is 2.55. The first-order valence-electron chi connectivity index (χ1n) is 4.76. The fourth-order valence-electron chi connectivity index (χ4n) is 1.75. The van der Waals surface area contributed by atoms with Crippen LogP contribution < -0.4 is 0 Å². The summed E-state index contributed by atoms with van der Waals surface area (Å²) in [6.07, 6.45) is 0.882. The highest BCUT2D eigenvalue weighted by molar-refractivity contribution is 9.10. The molecule has 0 aromatic heterocycles. The van der Waals surface area contributed by atoms with E-state index in [1.165, 1.54) is 5.56 Å². The highest BCUT2D eigenvalue weighted by atomic mass is 79.9. The first-order chi connectivity index (χ1) is 6.75. The van der Waals surface area contributed by atoms with Crippen LogP contribution in [-0.2, 0) is 6.42 Å². The van der Waals surface area contributed by atoms with Crippen LogP contribution in [0, 0.1) is 5.92 Å². The monoisotopic (exact) mass is 272 g/mol. The largest absolute Gasteiger partial charge is 0.392 e. The van der Waals surface area contributed by atoms with E-state index < -0.39 is 0 Å². The van der Waals surface area contributed by atoms with Gasteiger partial charge in [-0.05, 0) is 35.8 Å². The van der Waals surface area contributed by atoms with Gasteiger partial charge in [-0.2, -0.15) is 11.8 Å². The molecule has 0 saturated carbocycles. The Hall–Kier alpha value is 0.01000. The fraction of sp³-hybridized carbons (Fsp3) is 0.455. The van der Waals surface area contributed by atoms with Crippen molar-refractivity contribution in [3.63, 3.8) is 0 Å². The molecule has 1 aliphatic heterocycles. The van der Waals surface area contributed by atoms with Crippen LogP contribution in [0.4, 0.5) is 0 Å². The van der Waals surface area contributed by atoms with Crippen molar-refractivity contribution in [2.45, 2.75) is 12.5 Å². The van der Waals surface area contributed by atoms with E-state index >= 15 is 0 Å². The van der Waals surface area contributed by atoms with Gasteiger partial charge in [0, 0.05) is 10.2 Å². The van der Waals surface area contributed by atoms with Gasteiger partial charge in [-0.25, -0.2) is 0 Å². The van der Waals surface area contributed by atoms with Gasteiger partial charge >= 0.3 is 0 Å². The maximum absolute atomic E-state index is 9.69. The zero-order valence-corrected chi connectivity index (χ0v) is 10.2. The predicted octanol–water partition coefficient (Wildman–Crippen LogP) is 2.72. The van der Waals surface area contributed by atoms with Crippen molar-refractivity contribution in [2.75, 3.05) is 11.5 Å². The number of hydrogen-bond acceptors (Lipinski definition) is 2. The molecule has 14 heavy (non-hydrogen) atoms. The molecule has 0 spiro atoms. The average Bonchev–Trinajstić information content (AvgIpc) is 2.52. The van der Waals surface area contributed by atoms with Gasteiger partial charge in [-0.3, -0.25) is 0 Å². The Morgan fingerprint density at radius 1 is 1.43 bits per heavy atom. The minimum Gasteiger partial charge on any atom is -0.392 e. The molecule has 1 fully saturated rings. The number of halogens is 1. The van der Waals surface area contributed by atoms with Gasteiger partial charge in [-0.15, -0.1) is 0 Å². The van der Waals surface area contributed by atoms with E-state index in [-0.39, 0.29) is 6.10 Å². The van der Waals surface area contributed by atoms with Crippen LogP contribution in [0.5, 0.6) is 0 Å². The summed E-state index contributed by atoms with van der Waals surface area (Å²) in [4.78, 5) is 0. The number of thioether (sulfide) groups is 1. The van der Waals surface area contributed by atoms with Crippen molar-refractivity contribution in [2.24, 2.45) is 5.92 Å². The fourth-order valence-corrected chi connectivity index (χ4v) is 3.49. The van der Waals surface area contributed by atoms with E-state index in [9.17, 15) is 5.11 Å². The van der Waals surface area contributed by atoms with Crippen LogP contribution in [-0.4, -0.2) is 22.7 Å².